The number of hydrogen-bond acceptors (Lipinski definition) is 2. The van der Waals surface area contributed by atoms with Crippen LogP contribution in [0, 0.1) is 0 Å². The van der Waals surface area contributed by atoms with Gasteiger partial charge in [-0.05, 0) is 0 Å². The van der Waals surface area contributed by atoms with Crippen LogP contribution in [0.2, 0.25) is 0 Å². The minimum atomic E-state index is -3.00. The molecule has 0 bridgehead atoms. The fourth-order valence-electron chi connectivity index (χ4n) is 0. The summed E-state index contributed by atoms with van der Waals surface area (Å²) in [4.78, 5) is 0. The van der Waals surface area contributed by atoms with Gasteiger partial charge in [-0.3, -0.25) is 0 Å². The van der Waals surface area contributed by atoms with Crippen LogP contribution in [-0.4, -0.2) is 0 Å². The molecule has 0 aliphatic heterocycles. The molecule has 2 nitrogen and oxygen atoms in total. The quantitative estimate of drug-likeness (QED) is 0.669. The van der Waals surface area contributed by atoms with E-state index in [-0.39, 0.29) is 24.8 Å². The van der Waals surface area contributed by atoms with Gasteiger partial charge in [0.25, 0.3) is 0 Å². The molecule has 0 saturated heterocycles. The molecule has 0 aliphatic carbocycles. The predicted molar refractivity (Wildman–Crippen MR) is 34.6 cm³/mol. The molecule has 0 fully saturated rings. The molecule has 0 amide bonds. The van der Waals surface area contributed by atoms with Crippen molar-refractivity contribution in [2.24, 2.45) is 8.58 Å². The maximum atomic E-state index is 5.03. The summed E-state index contributed by atoms with van der Waals surface area (Å²) in [5.41, 5.74) is 0. The molecular formula is H6Cl4N2Pt. The number of hydrogen-bond donors (Lipinski definition) is 2. The Bertz CT molecular complexity index is 25.2. The molecule has 0 aromatic carbocycles. The Labute approximate surface area is 66.4 Å². The van der Waals surface area contributed by atoms with Gasteiger partial charge in [0, 0.05) is 0 Å². The van der Waals surface area contributed by atoms with Crippen LogP contribution in [0.5, 0.6) is 0 Å². The van der Waals surface area contributed by atoms with Crippen LogP contribution >= 0.6 is 43.7 Å². The second kappa shape index (κ2) is 5.90. The number of halogens is 4. The first kappa shape index (κ1) is 15.9. The van der Waals surface area contributed by atoms with Crippen LogP contribution in [0.1, 0.15) is 0 Å². The topological polar surface area (TPSA) is 52.0 Å². The summed E-state index contributed by atoms with van der Waals surface area (Å²) >= 11 is -3.00. The summed E-state index contributed by atoms with van der Waals surface area (Å²) in [6.45, 7) is 0. The van der Waals surface area contributed by atoms with Crippen molar-refractivity contribution < 1.29 is 14.5 Å². The fraction of sp³-hybridized carbons (Fsp3) is 0. The van der Waals surface area contributed by atoms with Crippen LogP contribution in [0.25, 0.3) is 0 Å². The first-order valence-corrected chi connectivity index (χ1v) is 8.86. The molecule has 4 N–H and O–H groups in total. The van der Waals surface area contributed by atoms with Crippen LogP contribution in [0.4, 0.5) is 0 Å². The van der Waals surface area contributed by atoms with E-state index < -0.39 is 14.5 Å². The Balaban J connectivity index is -0.0000000800. The third-order valence-corrected chi connectivity index (χ3v) is 0. The number of rotatable bonds is 0. The summed E-state index contributed by atoms with van der Waals surface area (Å²) in [6.07, 6.45) is 0. The second-order valence-electron chi connectivity index (χ2n) is 0.427. The average Bonchev–Trinajstić information content (AvgIpc) is 0.722. The molecule has 0 spiro atoms. The van der Waals surface area contributed by atoms with Gasteiger partial charge in [-0.1, -0.05) is 0 Å². The third-order valence-electron chi connectivity index (χ3n) is 0. The summed E-state index contributed by atoms with van der Waals surface area (Å²) in [7, 11) is 10.1. The molecule has 0 aromatic heterocycles. The molecule has 0 aliphatic rings. The normalized spacial score (nSPS) is 10.9. The Morgan fingerprint density at radius 1 is 1.00 bits per heavy atom. The second-order valence-corrected chi connectivity index (χ2v) is 11.0. The molecule has 0 unspecified atom stereocenters. The standard InChI is InChI=1S/4ClH.2H2N.Pt/h4*1H;2*1H2;/q;;;;2*-1;+4/p-2. The van der Waals surface area contributed by atoms with Crippen LogP contribution < -0.4 is 8.58 Å². The van der Waals surface area contributed by atoms with E-state index in [1.54, 1.807) is 0 Å². The van der Waals surface area contributed by atoms with E-state index in [0.29, 0.717) is 0 Å². The summed E-state index contributed by atoms with van der Waals surface area (Å²) in [5.74, 6) is 0. The van der Waals surface area contributed by atoms with Gasteiger partial charge in [-0.25, -0.2) is 0 Å². The molecule has 0 aromatic rings. The Morgan fingerprint density at radius 3 is 1.00 bits per heavy atom. The molecule has 0 radical (unpaired) electrons. The van der Waals surface area contributed by atoms with E-state index in [0.717, 1.165) is 0 Å². The molecule has 0 heterocycles. The van der Waals surface area contributed by atoms with Crippen LogP contribution in [0.15, 0.2) is 0 Å². The monoisotopic (exact) mass is 369 g/mol. The SMILES string of the molecule is Cl.Cl.[NH2][Pt]([NH2])([Cl])[Cl]. The van der Waals surface area contributed by atoms with E-state index in [1.807, 2.05) is 0 Å². The molecule has 0 atom stereocenters. The van der Waals surface area contributed by atoms with Gasteiger partial charge in [0.05, 0.1) is 0 Å². The van der Waals surface area contributed by atoms with Gasteiger partial charge in [0.2, 0.25) is 0 Å². The summed E-state index contributed by atoms with van der Waals surface area (Å²) < 4.78 is 9.69. The Morgan fingerprint density at radius 2 is 1.00 bits per heavy atom. The molecular weight excluding hydrogens is 365 g/mol. The Hall–Kier alpha value is 1.77. The third kappa shape index (κ3) is 82.7. The van der Waals surface area contributed by atoms with E-state index in [1.165, 1.54) is 0 Å². The fourth-order valence-corrected chi connectivity index (χ4v) is 0. The van der Waals surface area contributed by atoms with Gasteiger partial charge < -0.3 is 0 Å². The minimum absolute atomic E-state index is 0. The van der Waals surface area contributed by atoms with Gasteiger partial charge in [0.1, 0.15) is 0 Å². The van der Waals surface area contributed by atoms with Gasteiger partial charge in [0.15, 0.2) is 0 Å². The first-order chi connectivity index (χ1) is 2.00. The van der Waals surface area contributed by atoms with Gasteiger partial charge in [-0.15, -0.1) is 24.8 Å². The molecule has 7 heteroatoms. The predicted octanol–water partition coefficient (Wildman–Crippen LogP) is 1.04. The van der Waals surface area contributed by atoms with Crippen molar-refractivity contribution in [2.75, 3.05) is 0 Å². The zero-order valence-electron chi connectivity index (χ0n) is 3.04. The zero-order chi connectivity index (χ0) is 4.50. The van der Waals surface area contributed by atoms with Crippen molar-refractivity contribution in [3.05, 3.63) is 0 Å². The van der Waals surface area contributed by atoms with Crippen LogP contribution in [-0.2, 0) is 14.5 Å². The molecule has 0 rings (SSSR count). The van der Waals surface area contributed by atoms with Crippen molar-refractivity contribution in [1.82, 2.24) is 0 Å². The van der Waals surface area contributed by atoms with Crippen molar-refractivity contribution in [3.63, 3.8) is 0 Å². The van der Waals surface area contributed by atoms with E-state index in [4.69, 9.17) is 27.4 Å². The maximum absolute atomic E-state index is 5.03. The first-order valence-electron chi connectivity index (χ1n) is 0.604. The summed E-state index contributed by atoms with van der Waals surface area (Å²) in [5, 5.41) is 0. The Kier molecular flexibility index (Phi) is 13.4. The zero-order valence-corrected chi connectivity index (χ0v) is 8.46. The van der Waals surface area contributed by atoms with Crippen molar-refractivity contribution in [1.29, 1.82) is 0 Å². The van der Waals surface area contributed by atoms with Gasteiger partial charge in [-0.2, -0.15) is 0 Å². The molecule has 7 heavy (non-hydrogen) atoms. The average molecular weight is 371 g/mol. The number of nitrogens with two attached hydrogens (primary N) is 2. The van der Waals surface area contributed by atoms with E-state index in [9.17, 15) is 0 Å². The van der Waals surface area contributed by atoms with Gasteiger partial charge >= 0.3 is 41.9 Å². The van der Waals surface area contributed by atoms with Crippen molar-refractivity contribution in [2.45, 2.75) is 0 Å². The van der Waals surface area contributed by atoms with Crippen LogP contribution in [0.3, 0.4) is 0 Å². The van der Waals surface area contributed by atoms with E-state index >= 15 is 0 Å². The van der Waals surface area contributed by atoms with E-state index in [2.05, 4.69) is 0 Å². The summed E-state index contributed by atoms with van der Waals surface area (Å²) in [6, 6.07) is 0. The van der Waals surface area contributed by atoms with Crippen molar-refractivity contribution >= 4 is 43.7 Å². The molecule has 0 saturated carbocycles. The molecule has 54 valence electrons. The van der Waals surface area contributed by atoms with Crippen molar-refractivity contribution in [3.8, 4) is 0 Å².